The third kappa shape index (κ3) is 5.57. The smallest absolute Gasteiger partial charge is 0.429 e. The molecular weight excluding hydrogens is 446 g/mol. The minimum Gasteiger partial charge on any atom is -0.429 e. The highest BCUT2D eigenvalue weighted by Gasteiger charge is 2.26. The van der Waals surface area contributed by atoms with E-state index in [1.165, 1.54) is 5.56 Å². The molecule has 0 saturated carbocycles. The molecule has 0 N–H and O–H groups in total. The molecular formula is C29H28ClNO3. The van der Waals surface area contributed by atoms with Crippen molar-refractivity contribution in [3.05, 3.63) is 100 Å². The fourth-order valence-corrected chi connectivity index (χ4v) is 3.90. The lowest BCUT2D eigenvalue weighted by Crippen LogP contribution is -2.26. The van der Waals surface area contributed by atoms with Crippen molar-refractivity contribution in [2.45, 2.75) is 46.3 Å². The van der Waals surface area contributed by atoms with E-state index in [-0.39, 0.29) is 0 Å². The van der Waals surface area contributed by atoms with Crippen LogP contribution in [0.15, 0.2) is 72.8 Å². The first-order valence-electron chi connectivity index (χ1n) is 11.2. The van der Waals surface area contributed by atoms with Gasteiger partial charge in [-0.2, -0.15) is 0 Å². The van der Waals surface area contributed by atoms with Crippen LogP contribution < -0.4 is 0 Å². The molecule has 0 bridgehead atoms. The van der Waals surface area contributed by atoms with Crippen LogP contribution in [-0.2, 0) is 9.47 Å². The highest BCUT2D eigenvalue weighted by atomic mass is 35.5. The number of aryl methyl sites for hydroxylation is 2. The standard InChI is InChI=1S/C29H28ClNO3/c1-18-6-9-20(10-7-18)26-17-24(23-16-19(2)8-15-25(23)31-26)27(21-11-13-22(30)14-12-21)33-28(32)34-29(3,4)5/h6-17,27H,1-5H3. The van der Waals surface area contributed by atoms with Crippen molar-refractivity contribution >= 4 is 28.7 Å². The quantitative estimate of drug-likeness (QED) is 0.280. The third-order valence-electron chi connectivity index (χ3n) is 5.40. The van der Waals surface area contributed by atoms with Crippen molar-refractivity contribution in [1.82, 2.24) is 4.98 Å². The third-order valence-corrected chi connectivity index (χ3v) is 5.65. The van der Waals surface area contributed by atoms with Crippen LogP contribution in [0.3, 0.4) is 0 Å². The lowest BCUT2D eigenvalue weighted by molar-refractivity contribution is -0.0199. The van der Waals surface area contributed by atoms with E-state index in [0.717, 1.165) is 38.9 Å². The van der Waals surface area contributed by atoms with Gasteiger partial charge in [-0.05, 0) is 70.5 Å². The zero-order valence-electron chi connectivity index (χ0n) is 20.1. The average molecular weight is 474 g/mol. The zero-order chi connectivity index (χ0) is 24.5. The number of hydrogen-bond acceptors (Lipinski definition) is 4. The van der Waals surface area contributed by atoms with Gasteiger partial charge < -0.3 is 9.47 Å². The first-order valence-corrected chi connectivity index (χ1v) is 11.6. The summed E-state index contributed by atoms with van der Waals surface area (Å²) >= 11 is 6.15. The number of carbonyl (C=O) groups excluding carboxylic acids is 1. The number of hydrogen-bond donors (Lipinski definition) is 0. The first kappa shape index (κ1) is 23.8. The van der Waals surface area contributed by atoms with Crippen molar-refractivity contribution in [3.63, 3.8) is 0 Å². The fraction of sp³-hybridized carbons (Fsp3) is 0.241. The van der Waals surface area contributed by atoms with Gasteiger partial charge in [0.15, 0.2) is 6.10 Å². The second kappa shape index (κ2) is 9.47. The Morgan fingerprint density at radius 2 is 1.53 bits per heavy atom. The molecule has 0 aliphatic carbocycles. The molecule has 4 nitrogen and oxygen atoms in total. The Bertz CT molecular complexity index is 1320. The maximum absolute atomic E-state index is 12.8. The summed E-state index contributed by atoms with van der Waals surface area (Å²) in [5, 5.41) is 1.52. The molecule has 5 heteroatoms. The molecule has 4 aromatic rings. The second-order valence-electron chi connectivity index (χ2n) is 9.50. The second-order valence-corrected chi connectivity index (χ2v) is 9.93. The first-order chi connectivity index (χ1) is 16.1. The molecule has 1 unspecified atom stereocenters. The van der Waals surface area contributed by atoms with E-state index >= 15 is 0 Å². The molecule has 34 heavy (non-hydrogen) atoms. The van der Waals surface area contributed by atoms with Crippen LogP contribution in [0.2, 0.25) is 5.02 Å². The van der Waals surface area contributed by atoms with E-state index in [1.807, 2.05) is 70.2 Å². The van der Waals surface area contributed by atoms with Gasteiger partial charge in [0, 0.05) is 21.5 Å². The molecule has 3 aromatic carbocycles. The van der Waals surface area contributed by atoms with Crippen molar-refractivity contribution in [2.24, 2.45) is 0 Å². The van der Waals surface area contributed by atoms with Crippen molar-refractivity contribution < 1.29 is 14.3 Å². The van der Waals surface area contributed by atoms with Crippen LogP contribution in [-0.4, -0.2) is 16.7 Å². The fourth-order valence-electron chi connectivity index (χ4n) is 3.77. The number of nitrogens with zero attached hydrogens (tertiary/aromatic N) is 1. The Kier molecular flexibility index (Phi) is 6.63. The Labute approximate surface area is 205 Å². The summed E-state index contributed by atoms with van der Waals surface area (Å²) in [5.41, 5.74) is 5.82. The van der Waals surface area contributed by atoms with E-state index in [9.17, 15) is 4.79 Å². The number of rotatable bonds is 4. The van der Waals surface area contributed by atoms with Crippen LogP contribution >= 0.6 is 11.6 Å². The number of halogens is 1. The molecule has 1 aromatic heterocycles. The van der Waals surface area contributed by atoms with Crippen LogP contribution in [0.25, 0.3) is 22.2 Å². The molecule has 0 fully saturated rings. The summed E-state index contributed by atoms with van der Waals surface area (Å²) in [6, 6.07) is 23.6. The number of carbonyl (C=O) groups is 1. The van der Waals surface area contributed by atoms with Gasteiger partial charge in [0.05, 0.1) is 11.2 Å². The van der Waals surface area contributed by atoms with E-state index in [4.69, 9.17) is 26.1 Å². The summed E-state index contributed by atoms with van der Waals surface area (Å²) in [6.07, 6.45) is -1.44. The lowest BCUT2D eigenvalue weighted by atomic mass is 9.95. The Morgan fingerprint density at radius 1 is 0.882 bits per heavy atom. The molecule has 174 valence electrons. The SMILES string of the molecule is Cc1ccc(-c2cc(C(OC(=O)OC(C)(C)C)c3ccc(Cl)cc3)c3cc(C)ccc3n2)cc1. The number of aromatic nitrogens is 1. The average Bonchev–Trinajstić information content (AvgIpc) is 2.77. The van der Waals surface area contributed by atoms with Gasteiger partial charge in [-0.1, -0.05) is 65.2 Å². The summed E-state index contributed by atoms with van der Waals surface area (Å²) in [5.74, 6) is 0. The number of benzene rings is 3. The largest absolute Gasteiger partial charge is 0.509 e. The molecule has 0 saturated heterocycles. The van der Waals surface area contributed by atoms with Crippen LogP contribution in [0, 0.1) is 13.8 Å². The predicted molar refractivity (Wildman–Crippen MR) is 137 cm³/mol. The van der Waals surface area contributed by atoms with Gasteiger partial charge in [0.25, 0.3) is 0 Å². The van der Waals surface area contributed by atoms with Crippen molar-refractivity contribution in [2.75, 3.05) is 0 Å². The zero-order valence-corrected chi connectivity index (χ0v) is 20.8. The maximum Gasteiger partial charge on any atom is 0.509 e. The maximum atomic E-state index is 12.8. The molecule has 0 spiro atoms. The van der Waals surface area contributed by atoms with Gasteiger partial charge in [-0.15, -0.1) is 0 Å². The molecule has 0 aliphatic heterocycles. The summed E-state index contributed by atoms with van der Waals surface area (Å²) in [7, 11) is 0. The van der Waals surface area contributed by atoms with Crippen LogP contribution in [0.5, 0.6) is 0 Å². The lowest BCUT2D eigenvalue weighted by Gasteiger charge is -2.24. The van der Waals surface area contributed by atoms with Gasteiger partial charge in [0.1, 0.15) is 5.60 Å². The molecule has 0 radical (unpaired) electrons. The predicted octanol–water partition coefficient (Wildman–Crippen LogP) is 8.21. The molecule has 0 amide bonds. The minimum atomic E-state index is -0.734. The topological polar surface area (TPSA) is 48.4 Å². The number of pyridine rings is 1. The molecule has 0 aliphatic rings. The van der Waals surface area contributed by atoms with Crippen molar-refractivity contribution in [1.29, 1.82) is 0 Å². The Morgan fingerprint density at radius 3 is 2.18 bits per heavy atom. The summed E-state index contributed by atoms with van der Waals surface area (Å²) < 4.78 is 11.5. The number of ether oxygens (including phenoxy) is 2. The Hall–Kier alpha value is -3.37. The molecule has 1 atom stereocenters. The van der Waals surface area contributed by atoms with Gasteiger partial charge >= 0.3 is 6.16 Å². The Balaban J connectivity index is 1.91. The number of fused-ring (bicyclic) bond motifs is 1. The highest BCUT2D eigenvalue weighted by molar-refractivity contribution is 6.30. The van der Waals surface area contributed by atoms with E-state index in [1.54, 1.807) is 12.1 Å². The van der Waals surface area contributed by atoms with Crippen molar-refractivity contribution in [3.8, 4) is 11.3 Å². The van der Waals surface area contributed by atoms with Crippen LogP contribution in [0.4, 0.5) is 4.79 Å². The van der Waals surface area contributed by atoms with E-state index < -0.39 is 17.9 Å². The normalized spacial score (nSPS) is 12.4. The minimum absolute atomic E-state index is 0.607. The molecule has 4 rings (SSSR count). The van der Waals surface area contributed by atoms with E-state index in [0.29, 0.717) is 5.02 Å². The van der Waals surface area contributed by atoms with E-state index in [2.05, 4.69) is 25.1 Å². The highest BCUT2D eigenvalue weighted by Crippen LogP contribution is 2.36. The van der Waals surface area contributed by atoms with Gasteiger partial charge in [-0.3, -0.25) is 0 Å². The summed E-state index contributed by atoms with van der Waals surface area (Å²) in [6.45, 7) is 9.52. The monoisotopic (exact) mass is 473 g/mol. The molecule has 1 heterocycles. The summed E-state index contributed by atoms with van der Waals surface area (Å²) in [4.78, 5) is 17.7. The van der Waals surface area contributed by atoms with Gasteiger partial charge in [-0.25, -0.2) is 9.78 Å². The van der Waals surface area contributed by atoms with Gasteiger partial charge in [0.2, 0.25) is 0 Å². The van der Waals surface area contributed by atoms with Crippen LogP contribution in [0.1, 0.15) is 49.1 Å².